The lowest BCUT2D eigenvalue weighted by Gasteiger charge is -2.40. The van der Waals surface area contributed by atoms with E-state index in [0.717, 1.165) is 48.2 Å². The number of Topliss-reactive ketones (excluding diaryl/α,β-unsaturated/α-hetero) is 1. The smallest absolute Gasteiger partial charge is 0.220 e. The zero-order valence-corrected chi connectivity index (χ0v) is 23.5. The van der Waals surface area contributed by atoms with E-state index in [1.54, 1.807) is 6.26 Å². The van der Waals surface area contributed by atoms with Gasteiger partial charge in [-0.25, -0.2) is 0 Å². The molecule has 0 spiro atoms. The first-order valence-electron chi connectivity index (χ1n) is 13.7. The van der Waals surface area contributed by atoms with Crippen molar-refractivity contribution in [3.05, 3.63) is 70.3 Å². The molecule has 2 heterocycles. The number of aliphatic hydroxyl groups is 3. The standard InChI is InChI=1S/C30H40N2O6S/c1-19-6-11-22(29-27(36)26(35)28(37)30(38-29)39-2)17-23(19)16-21-9-7-20(8-10-21)4-3-5-25(34)31-13-15-32-14-12-24(33)18-32/h6-11,17,26-30,35-37H,3-5,12-16,18H2,1-2H3,(H,31,34)/t26-,27-,28+,29+,30-/m1/s1. The minimum Gasteiger partial charge on any atom is -0.387 e. The van der Waals surface area contributed by atoms with Crippen LogP contribution in [-0.2, 0) is 27.2 Å². The van der Waals surface area contributed by atoms with Crippen LogP contribution in [0.1, 0.15) is 53.2 Å². The van der Waals surface area contributed by atoms with Crippen LogP contribution in [0.25, 0.3) is 0 Å². The quantitative estimate of drug-likeness (QED) is 0.333. The number of ether oxygens (including phenoxy) is 1. The van der Waals surface area contributed by atoms with E-state index < -0.39 is 29.9 Å². The summed E-state index contributed by atoms with van der Waals surface area (Å²) in [7, 11) is 0. The van der Waals surface area contributed by atoms with Crippen molar-refractivity contribution < 1.29 is 29.6 Å². The molecule has 4 N–H and O–H groups in total. The summed E-state index contributed by atoms with van der Waals surface area (Å²) in [6, 6.07) is 14.3. The van der Waals surface area contributed by atoms with Crippen LogP contribution >= 0.6 is 11.8 Å². The predicted octanol–water partition coefficient (Wildman–Crippen LogP) is 2.14. The van der Waals surface area contributed by atoms with Gasteiger partial charge in [0.1, 0.15) is 35.6 Å². The van der Waals surface area contributed by atoms with Crippen LogP contribution in [0, 0.1) is 6.92 Å². The van der Waals surface area contributed by atoms with Gasteiger partial charge in [-0.05, 0) is 60.3 Å². The van der Waals surface area contributed by atoms with Gasteiger partial charge in [-0.3, -0.25) is 14.5 Å². The van der Waals surface area contributed by atoms with E-state index in [4.69, 9.17) is 4.74 Å². The van der Waals surface area contributed by atoms with Gasteiger partial charge in [-0.1, -0.05) is 42.5 Å². The minimum atomic E-state index is -1.27. The maximum absolute atomic E-state index is 12.1. The Morgan fingerprint density at radius 2 is 1.82 bits per heavy atom. The van der Waals surface area contributed by atoms with Crippen LogP contribution in [0.4, 0.5) is 0 Å². The number of likely N-dealkylation sites (tertiary alicyclic amines) is 1. The summed E-state index contributed by atoms with van der Waals surface area (Å²) in [5.41, 5.74) is 4.72. The molecule has 2 saturated heterocycles. The molecule has 2 aliphatic rings. The molecule has 5 atom stereocenters. The number of ketones is 1. The van der Waals surface area contributed by atoms with Crippen LogP contribution < -0.4 is 5.32 Å². The molecule has 2 fully saturated rings. The number of carbonyl (C=O) groups excluding carboxylic acids is 2. The highest BCUT2D eigenvalue weighted by Crippen LogP contribution is 2.36. The Kier molecular flexibility index (Phi) is 10.6. The molecule has 0 aliphatic carbocycles. The fourth-order valence-electron chi connectivity index (χ4n) is 5.20. The number of carbonyl (C=O) groups is 2. The average Bonchev–Trinajstić information content (AvgIpc) is 3.34. The van der Waals surface area contributed by atoms with Crippen LogP contribution in [0.2, 0.25) is 0 Å². The summed E-state index contributed by atoms with van der Waals surface area (Å²) in [4.78, 5) is 25.5. The van der Waals surface area contributed by atoms with Gasteiger partial charge in [-0.15, -0.1) is 11.8 Å². The predicted molar refractivity (Wildman–Crippen MR) is 152 cm³/mol. The fourth-order valence-corrected chi connectivity index (χ4v) is 5.87. The van der Waals surface area contributed by atoms with Gasteiger partial charge in [-0.2, -0.15) is 0 Å². The monoisotopic (exact) mass is 556 g/mol. The molecule has 2 aromatic carbocycles. The van der Waals surface area contributed by atoms with Crippen molar-refractivity contribution >= 4 is 23.5 Å². The third kappa shape index (κ3) is 7.90. The normalized spacial score (nSPS) is 25.7. The van der Waals surface area contributed by atoms with Gasteiger partial charge >= 0.3 is 0 Å². The van der Waals surface area contributed by atoms with E-state index in [9.17, 15) is 24.9 Å². The number of amides is 1. The molecule has 9 heteroatoms. The van der Waals surface area contributed by atoms with Crippen molar-refractivity contribution in [2.24, 2.45) is 0 Å². The second-order valence-corrected chi connectivity index (χ2v) is 11.5. The lowest BCUT2D eigenvalue weighted by Crippen LogP contribution is -2.52. The maximum atomic E-state index is 12.1. The van der Waals surface area contributed by atoms with Crippen molar-refractivity contribution in [2.45, 2.75) is 68.9 Å². The van der Waals surface area contributed by atoms with Crippen LogP contribution in [0.5, 0.6) is 0 Å². The van der Waals surface area contributed by atoms with Gasteiger partial charge in [0.25, 0.3) is 0 Å². The zero-order valence-electron chi connectivity index (χ0n) is 22.7. The fraction of sp³-hybridized carbons (Fsp3) is 0.533. The summed E-state index contributed by atoms with van der Waals surface area (Å²) < 4.78 is 5.94. The highest BCUT2D eigenvalue weighted by atomic mass is 32.2. The summed E-state index contributed by atoms with van der Waals surface area (Å²) in [5, 5.41) is 34.0. The van der Waals surface area contributed by atoms with E-state index in [-0.39, 0.29) is 11.7 Å². The Bertz CT molecular complexity index is 1120. The Balaban J connectivity index is 1.26. The van der Waals surface area contributed by atoms with Crippen LogP contribution in [0.15, 0.2) is 42.5 Å². The van der Waals surface area contributed by atoms with Crippen molar-refractivity contribution in [1.82, 2.24) is 10.2 Å². The van der Waals surface area contributed by atoms with E-state index in [1.165, 1.54) is 17.3 Å². The number of rotatable bonds is 11. The number of aliphatic hydroxyl groups excluding tert-OH is 3. The van der Waals surface area contributed by atoms with E-state index in [2.05, 4.69) is 34.5 Å². The van der Waals surface area contributed by atoms with Gasteiger partial charge in [0, 0.05) is 32.5 Å². The molecule has 1 amide bonds. The van der Waals surface area contributed by atoms with Crippen molar-refractivity contribution in [3.63, 3.8) is 0 Å². The SMILES string of the molecule is CS[C@H]1O[C@@H](c2ccc(C)c(Cc3ccc(CCCC(=O)NCCN4CCC(=O)C4)cc3)c2)[C@H](O)[C@@H](O)[C@@H]1O. The van der Waals surface area contributed by atoms with Crippen molar-refractivity contribution in [3.8, 4) is 0 Å². The van der Waals surface area contributed by atoms with Crippen molar-refractivity contribution in [2.75, 3.05) is 32.4 Å². The minimum absolute atomic E-state index is 0.0467. The Morgan fingerprint density at radius 1 is 1.08 bits per heavy atom. The summed E-state index contributed by atoms with van der Waals surface area (Å²) in [6.07, 6.45) is 0.864. The second-order valence-electron chi connectivity index (χ2n) is 10.6. The van der Waals surface area contributed by atoms with Crippen LogP contribution in [0.3, 0.4) is 0 Å². The topological polar surface area (TPSA) is 119 Å². The van der Waals surface area contributed by atoms with Crippen LogP contribution in [-0.4, -0.2) is 88.1 Å². The summed E-state index contributed by atoms with van der Waals surface area (Å²) in [6.45, 7) is 4.64. The Hall–Kier alpha value is -2.27. The Labute approximate surface area is 234 Å². The molecule has 0 aromatic heterocycles. The molecule has 0 radical (unpaired) electrons. The number of hydrogen-bond acceptors (Lipinski definition) is 8. The summed E-state index contributed by atoms with van der Waals surface area (Å²) >= 11 is 1.31. The van der Waals surface area contributed by atoms with Crippen molar-refractivity contribution in [1.29, 1.82) is 0 Å². The highest BCUT2D eigenvalue weighted by Gasteiger charge is 2.44. The van der Waals surface area contributed by atoms with Gasteiger partial charge in [0.05, 0.1) is 6.54 Å². The number of nitrogens with one attached hydrogen (secondary N) is 1. The van der Waals surface area contributed by atoms with Gasteiger partial charge in [0.15, 0.2) is 0 Å². The van der Waals surface area contributed by atoms with E-state index >= 15 is 0 Å². The Morgan fingerprint density at radius 3 is 2.51 bits per heavy atom. The van der Waals surface area contributed by atoms with Gasteiger partial charge in [0.2, 0.25) is 5.91 Å². The maximum Gasteiger partial charge on any atom is 0.220 e. The molecular weight excluding hydrogens is 516 g/mol. The number of hydrogen-bond donors (Lipinski definition) is 4. The van der Waals surface area contributed by atoms with E-state index in [0.29, 0.717) is 32.4 Å². The highest BCUT2D eigenvalue weighted by molar-refractivity contribution is 7.99. The molecule has 2 aliphatic heterocycles. The molecule has 8 nitrogen and oxygen atoms in total. The lowest BCUT2D eigenvalue weighted by molar-refractivity contribution is -0.200. The number of nitrogens with zero attached hydrogens (tertiary/aromatic N) is 1. The third-order valence-corrected chi connectivity index (χ3v) is 8.50. The molecule has 0 unspecified atom stereocenters. The van der Waals surface area contributed by atoms with Gasteiger partial charge < -0.3 is 25.4 Å². The van der Waals surface area contributed by atoms with E-state index in [1.807, 2.05) is 25.1 Å². The largest absolute Gasteiger partial charge is 0.387 e. The lowest BCUT2D eigenvalue weighted by atomic mass is 9.91. The molecule has 212 valence electrons. The molecular formula is C30H40N2O6S. The summed E-state index contributed by atoms with van der Waals surface area (Å²) in [5.74, 6) is 0.321. The number of aryl methyl sites for hydroxylation is 2. The second kappa shape index (κ2) is 13.9. The molecule has 4 rings (SSSR count). The number of benzene rings is 2. The third-order valence-electron chi connectivity index (χ3n) is 7.65. The number of thioether (sulfide) groups is 1. The molecule has 39 heavy (non-hydrogen) atoms. The first-order chi connectivity index (χ1) is 18.7. The molecule has 0 saturated carbocycles. The molecule has 0 bridgehead atoms. The zero-order chi connectivity index (χ0) is 27.9. The molecule has 2 aromatic rings. The first kappa shape index (κ1) is 29.7. The first-order valence-corrected chi connectivity index (χ1v) is 14.9. The average molecular weight is 557 g/mol.